The predicted molar refractivity (Wildman–Crippen MR) is 57.0 cm³/mol. The Labute approximate surface area is 80.4 Å². The van der Waals surface area contributed by atoms with Crippen molar-refractivity contribution in [3.63, 3.8) is 0 Å². The molecule has 0 aliphatic carbocycles. The van der Waals surface area contributed by atoms with Gasteiger partial charge in [0, 0.05) is 0 Å². The van der Waals surface area contributed by atoms with Crippen LogP contribution in [0.2, 0.25) is 0 Å². The average molecular weight is 173 g/mol. The first-order chi connectivity index (χ1) is 6.11. The van der Waals surface area contributed by atoms with E-state index < -0.39 is 0 Å². The fourth-order valence-corrected chi connectivity index (χ4v) is 0.753. The van der Waals surface area contributed by atoms with Gasteiger partial charge in [0.1, 0.15) is 0 Å². The molecule has 0 aliphatic rings. The minimum absolute atomic E-state index is 0.0487. The molecule has 0 aromatic rings. The first-order valence-electron chi connectivity index (χ1n) is 4.18. The second-order valence-electron chi connectivity index (χ2n) is 2.91. The fraction of sp³-hybridized carbons (Fsp3) is 0.250. The summed E-state index contributed by atoms with van der Waals surface area (Å²) >= 11 is 0. The maximum atomic E-state index is 8.51. The number of hydrogen-bond donors (Lipinski definition) is 0. The Morgan fingerprint density at radius 1 is 1.54 bits per heavy atom. The lowest BCUT2D eigenvalue weighted by Crippen LogP contribution is -1.81. The van der Waals surface area contributed by atoms with Crippen molar-refractivity contribution < 1.29 is 0 Å². The van der Waals surface area contributed by atoms with Crippen molar-refractivity contribution >= 4 is 0 Å². The number of rotatable bonds is 4. The molecule has 0 aliphatic heterocycles. The third-order valence-corrected chi connectivity index (χ3v) is 1.59. The zero-order valence-electron chi connectivity index (χ0n) is 8.25. The first kappa shape index (κ1) is 11.4. The Morgan fingerprint density at radius 2 is 2.15 bits per heavy atom. The van der Waals surface area contributed by atoms with Crippen molar-refractivity contribution in [1.29, 1.82) is 5.26 Å². The van der Waals surface area contributed by atoms with Gasteiger partial charge in [-0.1, -0.05) is 43.0 Å². The second-order valence-corrected chi connectivity index (χ2v) is 2.91. The number of nitrogens with zero attached hydrogens (tertiary/aromatic N) is 1. The van der Waals surface area contributed by atoms with E-state index in [4.69, 9.17) is 5.26 Å². The highest BCUT2D eigenvalue weighted by atomic mass is 14.2. The molecule has 0 bridgehead atoms. The highest BCUT2D eigenvalue weighted by molar-refractivity contribution is 5.38. The maximum absolute atomic E-state index is 8.51. The second kappa shape index (κ2) is 6.02. The Bertz CT molecular complexity index is 287. The maximum Gasteiger partial charge on any atom is 0.0694 e. The number of hydrogen-bond acceptors (Lipinski definition) is 1. The topological polar surface area (TPSA) is 23.8 Å². The summed E-state index contributed by atoms with van der Waals surface area (Å²) in [6, 6.07) is 2.12. The van der Waals surface area contributed by atoms with Gasteiger partial charge in [-0.05, 0) is 19.4 Å². The van der Waals surface area contributed by atoms with Gasteiger partial charge in [-0.2, -0.15) is 5.26 Å². The van der Waals surface area contributed by atoms with E-state index in [1.807, 2.05) is 32.1 Å². The minimum atomic E-state index is -0.0487. The van der Waals surface area contributed by atoms with E-state index in [-0.39, 0.29) is 5.92 Å². The lowest BCUT2D eigenvalue weighted by Gasteiger charge is -1.96. The summed E-state index contributed by atoms with van der Waals surface area (Å²) in [5, 5.41) is 8.51. The normalized spacial score (nSPS) is 13.8. The Kier molecular flexibility index (Phi) is 5.30. The quantitative estimate of drug-likeness (QED) is 0.598. The molecule has 13 heavy (non-hydrogen) atoms. The SMILES string of the molecule is C=C/C(=C\C=C/C(C)C#N)C(=C)C. The lowest BCUT2D eigenvalue weighted by atomic mass is 10.1. The van der Waals surface area contributed by atoms with Crippen molar-refractivity contribution in [3.05, 3.63) is 48.6 Å². The van der Waals surface area contributed by atoms with Gasteiger partial charge in [-0.3, -0.25) is 0 Å². The largest absolute Gasteiger partial charge is 0.198 e. The minimum Gasteiger partial charge on any atom is -0.198 e. The molecule has 0 N–H and O–H groups in total. The van der Waals surface area contributed by atoms with Crippen LogP contribution in [0.3, 0.4) is 0 Å². The Morgan fingerprint density at radius 3 is 2.54 bits per heavy atom. The van der Waals surface area contributed by atoms with Gasteiger partial charge in [-0.15, -0.1) is 0 Å². The molecule has 1 nitrogen and oxygen atoms in total. The van der Waals surface area contributed by atoms with Gasteiger partial charge in [0.25, 0.3) is 0 Å². The van der Waals surface area contributed by atoms with Crippen LogP contribution in [-0.2, 0) is 0 Å². The third-order valence-electron chi connectivity index (χ3n) is 1.59. The van der Waals surface area contributed by atoms with Crippen molar-refractivity contribution in [2.75, 3.05) is 0 Å². The zero-order valence-corrected chi connectivity index (χ0v) is 8.25. The summed E-state index contributed by atoms with van der Waals surface area (Å²) in [7, 11) is 0. The predicted octanol–water partition coefficient (Wildman–Crippen LogP) is 3.39. The summed E-state index contributed by atoms with van der Waals surface area (Å²) in [6.07, 6.45) is 7.36. The van der Waals surface area contributed by atoms with Crippen LogP contribution < -0.4 is 0 Å². The van der Waals surface area contributed by atoms with Gasteiger partial charge in [0.2, 0.25) is 0 Å². The van der Waals surface area contributed by atoms with Crippen LogP contribution in [0.1, 0.15) is 13.8 Å². The molecular formula is C12H15N. The lowest BCUT2D eigenvalue weighted by molar-refractivity contribution is 0.956. The zero-order chi connectivity index (χ0) is 10.3. The Hall–Kier alpha value is -1.55. The van der Waals surface area contributed by atoms with E-state index >= 15 is 0 Å². The molecule has 0 fully saturated rings. The summed E-state index contributed by atoms with van der Waals surface area (Å²) in [4.78, 5) is 0. The summed E-state index contributed by atoms with van der Waals surface area (Å²) in [6.45, 7) is 11.2. The number of nitriles is 1. The molecule has 0 aromatic heterocycles. The van der Waals surface area contributed by atoms with Gasteiger partial charge >= 0.3 is 0 Å². The van der Waals surface area contributed by atoms with Gasteiger partial charge in [0.05, 0.1) is 12.0 Å². The van der Waals surface area contributed by atoms with E-state index in [2.05, 4.69) is 19.2 Å². The standard InChI is InChI=1S/C12H15N/c1-5-12(10(2)3)8-6-7-11(4)9-13/h5-8,11H,1-2H2,3-4H3/b7-6-,12-8+. The van der Waals surface area contributed by atoms with Crippen molar-refractivity contribution in [2.45, 2.75) is 13.8 Å². The van der Waals surface area contributed by atoms with Crippen molar-refractivity contribution in [1.82, 2.24) is 0 Å². The van der Waals surface area contributed by atoms with Crippen LogP contribution in [0, 0.1) is 17.2 Å². The molecule has 1 atom stereocenters. The molecule has 0 spiro atoms. The molecule has 1 heteroatoms. The molecule has 68 valence electrons. The van der Waals surface area contributed by atoms with Gasteiger partial charge < -0.3 is 0 Å². The number of allylic oxidation sites excluding steroid dienone is 6. The molecule has 0 amide bonds. The molecule has 0 saturated carbocycles. The van der Waals surface area contributed by atoms with Gasteiger partial charge in [0.15, 0.2) is 0 Å². The summed E-state index contributed by atoms with van der Waals surface area (Å²) in [5.41, 5.74) is 1.98. The average Bonchev–Trinajstić information content (AvgIpc) is 2.11. The van der Waals surface area contributed by atoms with Crippen LogP contribution in [0.15, 0.2) is 48.6 Å². The molecular weight excluding hydrogens is 158 g/mol. The molecule has 0 heterocycles. The highest BCUT2D eigenvalue weighted by Crippen LogP contribution is 2.07. The van der Waals surface area contributed by atoms with E-state index in [9.17, 15) is 0 Å². The third kappa shape index (κ3) is 4.81. The van der Waals surface area contributed by atoms with E-state index in [0.717, 1.165) is 11.1 Å². The van der Waals surface area contributed by atoms with Crippen LogP contribution in [0.5, 0.6) is 0 Å². The molecule has 0 saturated heterocycles. The summed E-state index contributed by atoms with van der Waals surface area (Å²) < 4.78 is 0. The van der Waals surface area contributed by atoms with Crippen molar-refractivity contribution in [2.24, 2.45) is 5.92 Å². The molecule has 0 rings (SSSR count). The van der Waals surface area contributed by atoms with E-state index in [1.165, 1.54) is 0 Å². The van der Waals surface area contributed by atoms with E-state index in [1.54, 1.807) is 6.08 Å². The van der Waals surface area contributed by atoms with E-state index in [0.29, 0.717) is 0 Å². The smallest absolute Gasteiger partial charge is 0.0694 e. The molecule has 0 aromatic carbocycles. The molecule has 0 radical (unpaired) electrons. The van der Waals surface area contributed by atoms with Crippen LogP contribution in [-0.4, -0.2) is 0 Å². The van der Waals surface area contributed by atoms with Crippen molar-refractivity contribution in [3.8, 4) is 6.07 Å². The van der Waals surface area contributed by atoms with Crippen LogP contribution in [0.4, 0.5) is 0 Å². The first-order valence-corrected chi connectivity index (χ1v) is 4.18. The summed E-state index contributed by atoms with van der Waals surface area (Å²) in [5.74, 6) is -0.0487. The highest BCUT2D eigenvalue weighted by Gasteiger charge is 1.90. The monoisotopic (exact) mass is 173 g/mol. The molecule has 1 unspecified atom stereocenters. The fourth-order valence-electron chi connectivity index (χ4n) is 0.753. The van der Waals surface area contributed by atoms with Crippen LogP contribution >= 0.6 is 0 Å². The van der Waals surface area contributed by atoms with Crippen LogP contribution in [0.25, 0.3) is 0 Å². The Balaban J connectivity index is 4.41. The van der Waals surface area contributed by atoms with Gasteiger partial charge in [-0.25, -0.2) is 0 Å².